The fourth-order valence-corrected chi connectivity index (χ4v) is 4.08. The van der Waals surface area contributed by atoms with Crippen molar-refractivity contribution in [2.24, 2.45) is 0 Å². The molecule has 8 nitrogen and oxygen atoms in total. The van der Waals surface area contributed by atoms with Crippen molar-refractivity contribution in [3.63, 3.8) is 0 Å². The molecule has 3 aromatic rings. The van der Waals surface area contributed by atoms with Crippen LogP contribution in [0.15, 0.2) is 34.6 Å². The van der Waals surface area contributed by atoms with E-state index in [1.54, 1.807) is 20.5 Å². The number of methoxy groups -OCH3 is 2. The Morgan fingerprint density at radius 1 is 1.33 bits per heavy atom. The Kier molecular flexibility index (Phi) is 5.04. The number of nitrogens with zero attached hydrogens (tertiary/aromatic N) is 3. The monoisotopic (exact) mass is 387 g/mol. The van der Waals surface area contributed by atoms with E-state index >= 15 is 0 Å². The summed E-state index contributed by atoms with van der Waals surface area (Å²) < 4.78 is 18.4. The van der Waals surface area contributed by atoms with Crippen molar-refractivity contribution >= 4 is 22.9 Å². The van der Waals surface area contributed by atoms with Gasteiger partial charge in [0.25, 0.3) is 0 Å². The van der Waals surface area contributed by atoms with Crippen molar-refractivity contribution in [1.82, 2.24) is 19.5 Å². The predicted molar refractivity (Wildman–Crippen MR) is 100 cm³/mol. The van der Waals surface area contributed by atoms with Crippen molar-refractivity contribution in [3.05, 3.63) is 30.0 Å². The summed E-state index contributed by atoms with van der Waals surface area (Å²) in [7, 11) is 3.26. The molecule has 0 saturated carbocycles. The number of aromatic amines is 1. The second-order valence-electron chi connectivity index (χ2n) is 6.23. The molecule has 4 rings (SSSR count). The number of hydrogen-bond donors (Lipinski definition) is 2. The number of hydrogen-bond acceptors (Lipinski definition) is 7. The van der Waals surface area contributed by atoms with E-state index in [0.717, 1.165) is 41.5 Å². The first kappa shape index (κ1) is 17.9. The first-order chi connectivity index (χ1) is 13.2. The summed E-state index contributed by atoms with van der Waals surface area (Å²) in [4.78, 5) is 13.0. The van der Waals surface area contributed by atoms with Crippen molar-refractivity contribution in [2.45, 2.75) is 28.9 Å². The second-order valence-corrected chi connectivity index (χ2v) is 7.26. The SMILES string of the molecule is COc1ccc(OC)c(Sc2nc3c([nH]2)c(=N)ncn3C2CCCOC2)c1. The van der Waals surface area contributed by atoms with Crippen LogP contribution in [-0.2, 0) is 4.74 Å². The van der Waals surface area contributed by atoms with Crippen molar-refractivity contribution in [3.8, 4) is 11.5 Å². The van der Waals surface area contributed by atoms with Crippen molar-refractivity contribution < 1.29 is 14.2 Å². The number of H-pyrrole nitrogens is 1. The molecule has 1 aliphatic rings. The lowest BCUT2D eigenvalue weighted by molar-refractivity contribution is 0.0599. The van der Waals surface area contributed by atoms with Crippen LogP contribution < -0.4 is 15.0 Å². The molecule has 2 aromatic heterocycles. The van der Waals surface area contributed by atoms with E-state index in [4.69, 9.17) is 24.6 Å². The Bertz CT molecular complexity index is 1010. The summed E-state index contributed by atoms with van der Waals surface area (Å²) >= 11 is 1.43. The number of nitrogens with one attached hydrogen (secondary N) is 2. The van der Waals surface area contributed by atoms with Crippen LogP contribution in [0.2, 0.25) is 0 Å². The van der Waals surface area contributed by atoms with Crippen LogP contribution in [-0.4, -0.2) is 47.0 Å². The third-order valence-corrected chi connectivity index (χ3v) is 5.49. The normalized spacial score (nSPS) is 17.2. The molecule has 1 saturated heterocycles. The van der Waals surface area contributed by atoms with E-state index in [0.29, 0.717) is 17.3 Å². The molecule has 1 aromatic carbocycles. The van der Waals surface area contributed by atoms with Gasteiger partial charge in [0.05, 0.1) is 38.1 Å². The Hall–Kier alpha value is -2.52. The Morgan fingerprint density at radius 3 is 2.96 bits per heavy atom. The van der Waals surface area contributed by atoms with Crippen LogP contribution in [0.1, 0.15) is 18.9 Å². The van der Waals surface area contributed by atoms with Crippen molar-refractivity contribution in [1.29, 1.82) is 5.41 Å². The topological polar surface area (TPSA) is 98.0 Å². The second kappa shape index (κ2) is 7.61. The molecule has 2 N–H and O–H groups in total. The third kappa shape index (κ3) is 3.52. The molecule has 0 bridgehead atoms. The maximum absolute atomic E-state index is 8.13. The molecule has 142 valence electrons. The average Bonchev–Trinajstić information content (AvgIpc) is 3.13. The molecule has 27 heavy (non-hydrogen) atoms. The van der Waals surface area contributed by atoms with Crippen LogP contribution >= 0.6 is 11.8 Å². The van der Waals surface area contributed by atoms with E-state index in [1.807, 2.05) is 22.8 Å². The lowest BCUT2D eigenvalue weighted by Gasteiger charge is -2.24. The van der Waals surface area contributed by atoms with E-state index in [9.17, 15) is 0 Å². The average molecular weight is 387 g/mol. The molecule has 0 amide bonds. The Balaban J connectivity index is 1.73. The van der Waals surface area contributed by atoms with Crippen LogP contribution in [0, 0.1) is 5.41 Å². The molecular weight excluding hydrogens is 366 g/mol. The van der Waals surface area contributed by atoms with E-state index in [2.05, 4.69) is 9.97 Å². The van der Waals surface area contributed by atoms with Gasteiger partial charge in [-0.2, -0.15) is 0 Å². The number of imidazole rings is 1. The van der Waals surface area contributed by atoms with Gasteiger partial charge in [-0.05, 0) is 42.8 Å². The molecular formula is C18H21N5O3S. The molecule has 1 fully saturated rings. The number of aromatic nitrogens is 4. The number of fused-ring (bicyclic) bond motifs is 1. The van der Waals surface area contributed by atoms with Crippen LogP contribution in [0.3, 0.4) is 0 Å². The number of benzene rings is 1. The smallest absolute Gasteiger partial charge is 0.173 e. The molecule has 1 aliphatic heterocycles. The fraction of sp³-hybridized carbons (Fsp3) is 0.389. The quantitative estimate of drug-likeness (QED) is 0.699. The van der Waals surface area contributed by atoms with Gasteiger partial charge in [0.15, 0.2) is 16.3 Å². The predicted octanol–water partition coefficient (Wildman–Crippen LogP) is 2.76. The summed E-state index contributed by atoms with van der Waals surface area (Å²) in [6.45, 7) is 1.43. The van der Waals surface area contributed by atoms with Gasteiger partial charge in [0.2, 0.25) is 0 Å². The molecule has 3 heterocycles. The minimum atomic E-state index is 0.176. The first-order valence-electron chi connectivity index (χ1n) is 8.68. The van der Waals surface area contributed by atoms with Gasteiger partial charge >= 0.3 is 0 Å². The number of rotatable bonds is 5. The standard InChI is InChI=1S/C18H21N5O3S/c1-24-12-5-6-13(25-2)14(8-12)27-18-21-15-16(19)20-10-23(17(15)22-18)11-4-3-7-26-9-11/h5-6,8,10-11,19H,3-4,7,9H2,1-2H3,(H,21,22). The van der Waals surface area contributed by atoms with Crippen molar-refractivity contribution in [2.75, 3.05) is 27.4 Å². The largest absolute Gasteiger partial charge is 0.497 e. The summed E-state index contributed by atoms with van der Waals surface area (Å²) in [6.07, 6.45) is 3.71. The maximum Gasteiger partial charge on any atom is 0.173 e. The Morgan fingerprint density at radius 2 is 2.22 bits per heavy atom. The zero-order valence-electron chi connectivity index (χ0n) is 15.2. The van der Waals surface area contributed by atoms with Gasteiger partial charge in [-0.25, -0.2) is 9.97 Å². The summed E-state index contributed by atoms with van der Waals surface area (Å²) in [5, 5.41) is 8.80. The van der Waals surface area contributed by atoms with E-state index < -0.39 is 0 Å². The lowest BCUT2D eigenvalue weighted by atomic mass is 10.1. The molecule has 1 unspecified atom stereocenters. The van der Waals surface area contributed by atoms with Gasteiger partial charge in [-0.15, -0.1) is 0 Å². The van der Waals surface area contributed by atoms with Gasteiger partial charge in [0, 0.05) is 6.61 Å². The highest BCUT2D eigenvalue weighted by Crippen LogP contribution is 2.36. The molecule has 0 spiro atoms. The molecule has 1 atom stereocenters. The lowest BCUT2D eigenvalue weighted by Crippen LogP contribution is -2.24. The summed E-state index contributed by atoms with van der Waals surface area (Å²) in [5.74, 6) is 1.48. The molecule has 0 radical (unpaired) electrons. The zero-order chi connectivity index (χ0) is 18.8. The van der Waals surface area contributed by atoms with Crippen LogP contribution in [0.5, 0.6) is 11.5 Å². The van der Waals surface area contributed by atoms with Gasteiger partial charge in [-0.3, -0.25) is 5.41 Å². The van der Waals surface area contributed by atoms with Crippen LogP contribution in [0.25, 0.3) is 11.2 Å². The highest BCUT2D eigenvalue weighted by molar-refractivity contribution is 7.99. The maximum atomic E-state index is 8.13. The van der Waals surface area contributed by atoms with Gasteiger partial charge in [-0.1, -0.05) is 0 Å². The molecule has 9 heteroatoms. The summed E-state index contributed by atoms with van der Waals surface area (Å²) in [6, 6.07) is 5.80. The minimum absolute atomic E-state index is 0.176. The third-order valence-electron chi connectivity index (χ3n) is 4.56. The highest BCUT2D eigenvalue weighted by atomic mass is 32.2. The minimum Gasteiger partial charge on any atom is -0.497 e. The van der Waals surface area contributed by atoms with Crippen LogP contribution in [0.4, 0.5) is 0 Å². The van der Waals surface area contributed by atoms with E-state index in [-0.39, 0.29) is 11.5 Å². The van der Waals surface area contributed by atoms with Gasteiger partial charge in [0.1, 0.15) is 17.0 Å². The molecule has 0 aliphatic carbocycles. The highest BCUT2D eigenvalue weighted by Gasteiger charge is 2.20. The zero-order valence-corrected chi connectivity index (χ0v) is 16.0. The fourth-order valence-electron chi connectivity index (χ4n) is 3.16. The summed E-state index contributed by atoms with van der Waals surface area (Å²) in [5.41, 5.74) is 1.51. The van der Waals surface area contributed by atoms with Gasteiger partial charge < -0.3 is 23.8 Å². The number of ether oxygens (including phenoxy) is 3. The Labute approximate surface area is 160 Å². The first-order valence-corrected chi connectivity index (χ1v) is 9.50. The van der Waals surface area contributed by atoms with E-state index in [1.165, 1.54) is 11.8 Å².